The first-order valence-electron chi connectivity index (χ1n) is 9.57. The summed E-state index contributed by atoms with van der Waals surface area (Å²) >= 11 is 2.55. The van der Waals surface area contributed by atoms with Gasteiger partial charge >= 0.3 is 0 Å². The minimum absolute atomic E-state index is 0.0729. The number of fused-ring (bicyclic) bond motifs is 1. The number of aromatic nitrogens is 1. The molecule has 2 amide bonds. The number of thiazole rings is 1. The second-order valence-corrected chi connectivity index (χ2v) is 11.6. The molecular formula is C18H22N4O5S3. The number of ether oxygens (including phenoxy) is 1. The second-order valence-electron chi connectivity index (χ2n) is 7.24. The topological polar surface area (TPSA) is 126 Å². The summed E-state index contributed by atoms with van der Waals surface area (Å²) in [6.07, 6.45) is 1.57. The molecule has 2 aromatic rings. The van der Waals surface area contributed by atoms with Gasteiger partial charge in [-0.05, 0) is 31.0 Å². The van der Waals surface area contributed by atoms with Crippen molar-refractivity contribution in [1.82, 2.24) is 15.0 Å². The van der Waals surface area contributed by atoms with Crippen LogP contribution < -0.4 is 15.4 Å². The second kappa shape index (κ2) is 9.18. The zero-order chi connectivity index (χ0) is 21.1. The highest BCUT2D eigenvalue weighted by Crippen LogP contribution is 2.32. The maximum atomic E-state index is 12.3. The fourth-order valence-electron chi connectivity index (χ4n) is 3.31. The molecule has 2 aliphatic rings. The van der Waals surface area contributed by atoms with Gasteiger partial charge in [0.2, 0.25) is 21.8 Å². The summed E-state index contributed by atoms with van der Waals surface area (Å²) in [7, 11) is -3.42. The van der Waals surface area contributed by atoms with E-state index in [-0.39, 0.29) is 35.3 Å². The standard InChI is InChI=1S/C18H22N4O5S3/c23-16-7-11(9-19-16)17(24)20-13-1-2-14-15(8-13)29-18(21-14)28-10-30(25,26)22-12-3-5-27-6-4-12/h1-2,8,11-12,22H,3-7,9-10H2,(H,19,23)(H,20,24). The van der Waals surface area contributed by atoms with E-state index in [9.17, 15) is 18.0 Å². The Bertz CT molecular complexity index is 1050. The van der Waals surface area contributed by atoms with Crippen molar-refractivity contribution in [3.8, 4) is 0 Å². The summed E-state index contributed by atoms with van der Waals surface area (Å²) in [5.41, 5.74) is 1.37. The highest BCUT2D eigenvalue weighted by atomic mass is 32.3. The molecule has 1 aromatic carbocycles. The molecule has 0 saturated carbocycles. The summed E-state index contributed by atoms with van der Waals surface area (Å²) in [6, 6.07) is 5.28. The van der Waals surface area contributed by atoms with Gasteiger partial charge in [0.15, 0.2) is 4.34 Å². The van der Waals surface area contributed by atoms with E-state index in [1.54, 1.807) is 12.1 Å². The van der Waals surface area contributed by atoms with Gasteiger partial charge in [-0.25, -0.2) is 18.1 Å². The fraction of sp³-hybridized carbons (Fsp3) is 0.500. The third kappa shape index (κ3) is 5.49. The first kappa shape index (κ1) is 21.5. The molecule has 0 radical (unpaired) electrons. The number of nitrogens with one attached hydrogen (secondary N) is 3. The van der Waals surface area contributed by atoms with Crippen LogP contribution in [0.15, 0.2) is 22.5 Å². The molecule has 4 rings (SSSR count). The van der Waals surface area contributed by atoms with Crippen molar-refractivity contribution in [2.24, 2.45) is 5.92 Å². The quantitative estimate of drug-likeness (QED) is 0.524. The smallest absolute Gasteiger partial charge is 0.229 e. The average molecular weight is 471 g/mol. The predicted molar refractivity (Wildman–Crippen MR) is 116 cm³/mol. The first-order valence-corrected chi connectivity index (χ1v) is 13.0. The lowest BCUT2D eigenvalue weighted by Gasteiger charge is -2.22. The number of rotatable bonds is 7. The summed E-state index contributed by atoms with van der Waals surface area (Å²) < 4.78 is 34.2. The maximum Gasteiger partial charge on any atom is 0.229 e. The van der Waals surface area contributed by atoms with Crippen LogP contribution in [-0.2, 0) is 24.3 Å². The van der Waals surface area contributed by atoms with Crippen molar-refractivity contribution in [2.75, 3.05) is 30.2 Å². The van der Waals surface area contributed by atoms with Crippen molar-refractivity contribution < 1.29 is 22.7 Å². The molecule has 3 N–H and O–H groups in total. The minimum Gasteiger partial charge on any atom is -0.381 e. The van der Waals surface area contributed by atoms with E-state index in [1.165, 1.54) is 23.1 Å². The van der Waals surface area contributed by atoms with Crippen LogP contribution in [0.2, 0.25) is 0 Å². The lowest BCUT2D eigenvalue weighted by molar-refractivity contribution is -0.123. The van der Waals surface area contributed by atoms with Crippen LogP contribution in [0, 0.1) is 5.92 Å². The minimum atomic E-state index is -3.42. The van der Waals surface area contributed by atoms with Gasteiger partial charge in [0, 0.05) is 37.9 Å². The Morgan fingerprint density at radius 2 is 2.13 bits per heavy atom. The monoisotopic (exact) mass is 470 g/mol. The average Bonchev–Trinajstić information content (AvgIpc) is 3.32. The Kier molecular flexibility index (Phi) is 6.58. The van der Waals surface area contributed by atoms with Gasteiger partial charge < -0.3 is 15.4 Å². The molecule has 2 fully saturated rings. The number of sulfonamides is 1. The predicted octanol–water partition coefficient (Wildman–Crippen LogP) is 1.52. The van der Waals surface area contributed by atoms with Crippen LogP contribution in [0.5, 0.6) is 0 Å². The Morgan fingerprint density at radius 3 is 2.87 bits per heavy atom. The number of hydrogen-bond donors (Lipinski definition) is 3. The fourth-order valence-corrected chi connectivity index (χ4v) is 7.19. The zero-order valence-electron chi connectivity index (χ0n) is 16.0. The molecule has 3 heterocycles. The first-order chi connectivity index (χ1) is 14.4. The van der Waals surface area contributed by atoms with E-state index >= 15 is 0 Å². The molecule has 0 spiro atoms. The zero-order valence-corrected chi connectivity index (χ0v) is 18.5. The summed E-state index contributed by atoms with van der Waals surface area (Å²) in [4.78, 5) is 28.0. The summed E-state index contributed by atoms with van der Waals surface area (Å²) in [6.45, 7) is 1.50. The van der Waals surface area contributed by atoms with Crippen molar-refractivity contribution in [2.45, 2.75) is 29.6 Å². The van der Waals surface area contributed by atoms with E-state index in [1.807, 2.05) is 6.07 Å². The molecule has 1 unspecified atom stereocenters. The number of carbonyl (C=O) groups is 2. The third-order valence-electron chi connectivity index (χ3n) is 4.89. The molecule has 2 saturated heterocycles. The van der Waals surface area contributed by atoms with Gasteiger partial charge in [-0.3, -0.25) is 9.59 Å². The molecule has 2 aliphatic heterocycles. The molecule has 12 heteroatoms. The van der Waals surface area contributed by atoms with E-state index in [0.29, 0.717) is 42.6 Å². The molecular weight excluding hydrogens is 448 g/mol. The molecule has 30 heavy (non-hydrogen) atoms. The molecule has 0 aliphatic carbocycles. The Morgan fingerprint density at radius 1 is 1.33 bits per heavy atom. The van der Waals surface area contributed by atoms with Gasteiger partial charge in [-0.1, -0.05) is 11.8 Å². The van der Waals surface area contributed by atoms with Gasteiger partial charge in [0.05, 0.1) is 16.1 Å². The molecule has 1 atom stereocenters. The Labute approximate surface area is 182 Å². The van der Waals surface area contributed by atoms with Crippen LogP contribution in [-0.4, -0.2) is 56.1 Å². The van der Waals surface area contributed by atoms with Gasteiger partial charge in [-0.2, -0.15) is 0 Å². The van der Waals surface area contributed by atoms with E-state index in [2.05, 4.69) is 20.3 Å². The number of anilines is 1. The van der Waals surface area contributed by atoms with Gasteiger partial charge in [0.25, 0.3) is 0 Å². The van der Waals surface area contributed by atoms with Crippen molar-refractivity contribution in [1.29, 1.82) is 0 Å². The number of carbonyl (C=O) groups excluding carboxylic acids is 2. The molecule has 9 nitrogen and oxygen atoms in total. The van der Waals surface area contributed by atoms with E-state index in [4.69, 9.17) is 4.74 Å². The Balaban J connectivity index is 1.36. The lowest BCUT2D eigenvalue weighted by atomic mass is 10.1. The van der Waals surface area contributed by atoms with Crippen molar-refractivity contribution >= 4 is 60.8 Å². The van der Waals surface area contributed by atoms with Gasteiger partial charge in [-0.15, -0.1) is 11.3 Å². The van der Waals surface area contributed by atoms with Crippen LogP contribution in [0.25, 0.3) is 10.2 Å². The number of thioether (sulfide) groups is 1. The van der Waals surface area contributed by atoms with Gasteiger partial charge in [0.1, 0.15) is 5.08 Å². The summed E-state index contributed by atoms with van der Waals surface area (Å²) in [5.74, 6) is -0.678. The van der Waals surface area contributed by atoms with Crippen LogP contribution in [0.4, 0.5) is 5.69 Å². The van der Waals surface area contributed by atoms with Crippen molar-refractivity contribution in [3.63, 3.8) is 0 Å². The van der Waals surface area contributed by atoms with Crippen molar-refractivity contribution in [3.05, 3.63) is 18.2 Å². The SMILES string of the molecule is O=C1CC(C(=O)Nc2ccc3nc(SCS(=O)(=O)NC4CCOCC4)sc3c2)CN1. The maximum absolute atomic E-state index is 12.3. The third-order valence-corrected chi connectivity index (χ3v) is 9.05. The lowest BCUT2D eigenvalue weighted by Crippen LogP contribution is -2.39. The normalized spacial score (nSPS) is 20.4. The van der Waals surface area contributed by atoms with Crippen LogP contribution >= 0.6 is 23.1 Å². The Hall–Kier alpha value is -1.73. The van der Waals surface area contributed by atoms with E-state index < -0.39 is 10.0 Å². The largest absolute Gasteiger partial charge is 0.381 e. The number of nitrogens with zero attached hydrogens (tertiary/aromatic N) is 1. The highest BCUT2D eigenvalue weighted by Gasteiger charge is 2.28. The summed E-state index contributed by atoms with van der Waals surface area (Å²) in [5, 5.41) is 5.38. The van der Waals surface area contributed by atoms with E-state index in [0.717, 1.165) is 10.2 Å². The number of benzene rings is 1. The number of amides is 2. The van der Waals surface area contributed by atoms with Crippen LogP contribution in [0.3, 0.4) is 0 Å². The highest BCUT2D eigenvalue weighted by molar-refractivity contribution is 8.12. The molecule has 162 valence electrons. The molecule has 0 bridgehead atoms. The molecule has 1 aromatic heterocycles. The number of hydrogen-bond acceptors (Lipinski definition) is 8. The van der Waals surface area contributed by atoms with Crippen LogP contribution in [0.1, 0.15) is 19.3 Å².